The van der Waals surface area contributed by atoms with E-state index in [2.05, 4.69) is 5.73 Å². The normalized spacial score (nSPS) is 14.4. The number of aliphatic hydroxyl groups excluding tert-OH is 2. The van der Waals surface area contributed by atoms with Gasteiger partial charge in [0.2, 0.25) is 11.7 Å². The lowest BCUT2D eigenvalue weighted by molar-refractivity contribution is -0.132. The molecule has 0 radical (unpaired) electrons. The maximum Gasteiger partial charge on any atom is 0.249 e. The summed E-state index contributed by atoms with van der Waals surface area (Å²) in [6.07, 6.45) is -5.19. The smallest absolute Gasteiger partial charge is 0.249 e. The Balaban J connectivity index is 3.46. The molecule has 0 aliphatic heterocycles. The molecule has 0 aliphatic rings. The molecular formula is C9H6F5NO3. The summed E-state index contributed by atoms with van der Waals surface area (Å²) in [6.45, 7) is 0. The molecule has 0 saturated carbocycles. The minimum absolute atomic E-state index is 1.59. The Bertz CT molecular complexity index is 478. The van der Waals surface area contributed by atoms with E-state index in [1.165, 1.54) is 0 Å². The van der Waals surface area contributed by atoms with Crippen molar-refractivity contribution in [3.05, 3.63) is 34.6 Å². The van der Waals surface area contributed by atoms with E-state index in [9.17, 15) is 31.9 Å². The first kappa shape index (κ1) is 14.3. The monoisotopic (exact) mass is 271 g/mol. The summed E-state index contributed by atoms with van der Waals surface area (Å²) >= 11 is 0. The van der Waals surface area contributed by atoms with Gasteiger partial charge >= 0.3 is 0 Å². The van der Waals surface area contributed by atoms with Gasteiger partial charge < -0.3 is 15.9 Å². The number of halogens is 5. The van der Waals surface area contributed by atoms with E-state index in [-0.39, 0.29) is 0 Å². The Morgan fingerprint density at radius 1 is 0.889 bits per heavy atom. The molecule has 0 aliphatic carbocycles. The summed E-state index contributed by atoms with van der Waals surface area (Å²) in [5, 5.41) is 18.1. The predicted octanol–water partition coefficient (Wildman–Crippen LogP) is 0.262. The third-order valence-corrected chi connectivity index (χ3v) is 2.13. The van der Waals surface area contributed by atoms with E-state index in [1.54, 1.807) is 0 Å². The summed E-state index contributed by atoms with van der Waals surface area (Å²) in [5.41, 5.74) is 2.80. The molecule has 100 valence electrons. The third-order valence-electron chi connectivity index (χ3n) is 2.13. The van der Waals surface area contributed by atoms with Crippen molar-refractivity contribution in [3.8, 4) is 0 Å². The molecule has 0 spiro atoms. The number of primary amides is 1. The lowest BCUT2D eigenvalue weighted by Crippen LogP contribution is -2.35. The maximum absolute atomic E-state index is 13.1. The second-order valence-corrected chi connectivity index (χ2v) is 3.28. The van der Waals surface area contributed by atoms with Crippen LogP contribution in [-0.4, -0.2) is 22.2 Å². The van der Waals surface area contributed by atoms with Crippen LogP contribution in [0.1, 0.15) is 11.7 Å². The second-order valence-electron chi connectivity index (χ2n) is 3.28. The highest BCUT2D eigenvalue weighted by molar-refractivity contribution is 5.79. The van der Waals surface area contributed by atoms with Crippen LogP contribution in [0.4, 0.5) is 22.0 Å². The Labute approximate surface area is 96.4 Å². The third kappa shape index (κ3) is 2.14. The quantitative estimate of drug-likeness (QED) is 0.419. The molecule has 9 heteroatoms. The average Bonchev–Trinajstić information content (AvgIpc) is 2.32. The van der Waals surface area contributed by atoms with E-state index < -0.39 is 52.8 Å². The number of aliphatic hydroxyl groups is 2. The van der Waals surface area contributed by atoms with Gasteiger partial charge in [-0.25, -0.2) is 22.0 Å². The first-order chi connectivity index (χ1) is 8.20. The van der Waals surface area contributed by atoms with E-state index >= 15 is 0 Å². The second kappa shape index (κ2) is 4.86. The van der Waals surface area contributed by atoms with Crippen LogP contribution in [0.15, 0.2) is 0 Å². The summed E-state index contributed by atoms with van der Waals surface area (Å²) < 4.78 is 64.4. The number of benzene rings is 1. The fraction of sp³-hybridized carbons (Fsp3) is 0.222. The minimum Gasteiger partial charge on any atom is -0.385 e. The highest BCUT2D eigenvalue weighted by atomic mass is 19.2. The van der Waals surface area contributed by atoms with Crippen molar-refractivity contribution >= 4 is 5.91 Å². The van der Waals surface area contributed by atoms with Crippen molar-refractivity contribution < 1.29 is 37.0 Å². The van der Waals surface area contributed by atoms with Crippen LogP contribution in [0.5, 0.6) is 0 Å². The van der Waals surface area contributed by atoms with Gasteiger partial charge in [-0.1, -0.05) is 0 Å². The standard InChI is InChI=1S/C9H6F5NO3/c10-2-1(7(16)8(17)9(15)18)3(11)5(13)6(14)4(2)12/h7-8,16-17H,(H2,15,18). The molecule has 2 unspecified atom stereocenters. The zero-order valence-corrected chi connectivity index (χ0v) is 8.42. The fourth-order valence-corrected chi connectivity index (χ4v) is 1.20. The first-order valence-corrected chi connectivity index (χ1v) is 4.36. The molecular weight excluding hydrogens is 265 g/mol. The lowest BCUT2D eigenvalue weighted by Gasteiger charge is -2.17. The molecule has 1 aromatic carbocycles. The Hall–Kier alpha value is -1.74. The van der Waals surface area contributed by atoms with Gasteiger partial charge in [-0.15, -0.1) is 0 Å². The van der Waals surface area contributed by atoms with E-state index in [1.807, 2.05) is 0 Å². The van der Waals surface area contributed by atoms with Gasteiger partial charge in [-0.05, 0) is 0 Å². The zero-order valence-electron chi connectivity index (χ0n) is 8.42. The number of hydrogen-bond acceptors (Lipinski definition) is 3. The lowest BCUT2D eigenvalue weighted by atomic mass is 10.0. The van der Waals surface area contributed by atoms with Gasteiger partial charge in [-0.2, -0.15) is 0 Å². The topological polar surface area (TPSA) is 83.6 Å². The van der Waals surface area contributed by atoms with Crippen molar-refractivity contribution in [2.45, 2.75) is 12.2 Å². The fourth-order valence-electron chi connectivity index (χ4n) is 1.20. The number of rotatable bonds is 3. The Morgan fingerprint density at radius 3 is 1.56 bits per heavy atom. The van der Waals surface area contributed by atoms with Crippen LogP contribution in [0.25, 0.3) is 0 Å². The molecule has 1 amide bonds. The predicted molar refractivity (Wildman–Crippen MR) is 46.4 cm³/mol. The molecule has 4 nitrogen and oxygen atoms in total. The average molecular weight is 271 g/mol. The number of amides is 1. The molecule has 4 N–H and O–H groups in total. The molecule has 0 bridgehead atoms. The van der Waals surface area contributed by atoms with Gasteiger partial charge in [0.05, 0.1) is 5.56 Å². The SMILES string of the molecule is NC(=O)C(O)C(O)c1c(F)c(F)c(F)c(F)c1F. The number of carbonyl (C=O) groups excluding carboxylic acids is 1. The van der Waals surface area contributed by atoms with Crippen LogP contribution >= 0.6 is 0 Å². The first-order valence-electron chi connectivity index (χ1n) is 4.36. The molecule has 18 heavy (non-hydrogen) atoms. The van der Waals surface area contributed by atoms with Gasteiger partial charge in [0.25, 0.3) is 0 Å². The van der Waals surface area contributed by atoms with Crippen LogP contribution in [0.3, 0.4) is 0 Å². The summed E-state index contributed by atoms with van der Waals surface area (Å²) in [7, 11) is 0. The Morgan fingerprint density at radius 2 is 1.22 bits per heavy atom. The van der Waals surface area contributed by atoms with Gasteiger partial charge in [0.15, 0.2) is 29.4 Å². The highest BCUT2D eigenvalue weighted by Gasteiger charge is 2.34. The molecule has 0 heterocycles. The molecule has 1 rings (SSSR count). The van der Waals surface area contributed by atoms with E-state index in [4.69, 9.17) is 5.11 Å². The van der Waals surface area contributed by atoms with Crippen LogP contribution < -0.4 is 5.73 Å². The van der Waals surface area contributed by atoms with Crippen molar-refractivity contribution in [2.75, 3.05) is 0 Å². The number of nitrogens with two attached hydrogens (primary N) is 1. The Kier molecular flexibility index (Phi) is 3.87. The van der Waals surface area contributed by atoms with E-state index in [0.717, 1.165) is 0 Å². The van der Waals surface area contributed by atoms with Crippen molar-refractivity contribution in [1.82, 2.24) is 0 Å². The summed E-state index contributed by atoms with van der Waals surface area (Å²) in [5.74, 6) is -13.3. The van der Waals surface area contributed by atoms with Crippen molar-refractivity contribution in [3.63, 3.8) is 0 Å². The van der Waals surface area contributed by atoms with Crippen molar-refractivity contribution in [2.24, 2.45) is 5.73 Å². The van der Waals surface area contributed by atoms with Crippen molar-refractivity contribution in [1.29, 1.82) is 0 Å². The van der Waals surface area contributed by atoms with Gasteiger partial charge in [-0.3, -0.25) is 4.79 Å². The number of carbonyl (C=O) groups is 1. The molecule has 2 atom stereocenters. The highest BCUT2D eigenvalue weighted by Crippen LogP contribution is 2.29. The number of hydrogen-bond donors (Lipinski definition) is 3. The zero-order chi connectivity index (χ0) is 14.2. The van der Waals surface area contributed by atoms with Crippen LogP contribution in [0, 0.1) is 29.1 Å². The molecule has 0 aromatic heterocycles. The van der Waals surface area contributed by atoms with Gasteiger partial charge in [0, 0.05) is 0 Å². The summed E-state index contributed by atoms with van der Waals surface area (Å²) in [6, 6.07) is 0. The summed E-state index contributed by atoms with van der Waals surface area (Å²) in [4.78, 5) is 10.5. The molecule has 1 aromatic rings. The van der Waals surface area contributed by atoms with Gasteiger partial charge in [0.1, 0.15) is 6.10 Å². The van der Waals surface area contributed by atoms with Crippen LogP contribution in [-0.2, 0) is 4.79 Å². The molecule has 0 saturated heterocycles. The molecule has 0 fully saturated rings. The van der Waals surface area contributed by atoms with E-state index in [0.29, 0.717) is 0 Å². The van der Waals surface area contributed by atoms with Crippen LogP contribution in [0.2, 0.25) is 0 Å². The maximum atomic E-state index is 13.1. The largest absolute Gasteiger partial charge is 0.385 e. The minimum atomic E-state index is -2.67.